The van der Waals surface area contributed by atoms with Gasteiger partial charge in [0.05, 0.1) is 5.69 Å². The minimum absolute atomic E-state index is 0.0253. The minimum atomic E-state index is -0.0263. The number of anilines is 2. The van der Waals surface area contributed by atoms with Crippen molar-refractivity contribution in [2.75, 3.05) is 10.6 Å². The molecule has 2 rings (SSSR count). The largest absolute Gasteiger partial charge is 0.310 e. The monoisotopic (exact) mass is 613 g/mol. The highest BCUT2D eigenvalue weighted by Crippen LogP contribution is 2.27. The molecule has 2 N–H and O–H groups in total. The van der Waals surface area contributed by atoms with Gasteiger partial charge in [-0.3, -0.25) is 14.9 Å². The molecular weight excluding hydrogens is 544 g/mol. The van der Waals surface area contributed by atoms with Gasteiger partial charge in [-0.2, -0.15) is 4.98 Å². The molecule has 0 unspecified atom stereocenters. The highest BCUT2D eigenvalue weighted by atomic mass is 16.2. The molecule has 1 aromatic heterocycles. The number of aryl methyl sites for hydroxylation is 1. The molecule has 0 aromatic carbocycles. The van der Waals surface area contributed by atoms with Gasteiger partial charge in [-0.15, -0.1) is 0 Å². The molecule has 0 atom stereocenters. The Labute approximate surface area is 271 Å². The van der Waals surface area contributed by atoms with Gasteiger partial charge in [0.15, 0.2) is 0 Å². The van der Waals surface area contributed by atoms with Crippen LogP contribution in [0.5, 0.6) is 0 Å². The van der Waals surface area contributed by atoms with Crippen molar-refractivity contribution in [1.82, 2.24) is 9.97 Å². The lowest BCUT2D eigenvalue weighted by Crippen LogP contribution is -2.21. The summed E-state index contributed by atoms with van der Waals surface area (Å²) >= 11 is 0. The predicted octanol–water partition coefficient (Wildman–Crippen LogP) is 11.4. The van der Waals surface area contributed by atoms with Gasteiger partial charge in [-0.05, 0) is 38.5 Å². The maximum Gasteiger partial charge on any atom is 0.231 e. The molecule has 0 saturated carbocycles. The van der Waals surface area contributed by atoms with Crippen molar-refractivity contribution >= 4 is 23.6 Å². The summed E-state index contributed by atoms with van der Waals surface area (Å²) in [6.45, 7) is 4.54. The van der Waals surface area contributed by atoms with E-state index < -0.39 is 0 Å². The van der Waals surface area contributed by atoms with E-state index >= 15 is 0 Å². The van der Waals surface area contributed by atoms with Crippen molar-refractivity contribution in [2.24, 2.45) is 0 Å². The van der Waals surface area contributed by atoms with E-state index in [2.05, 4.69) is 34.4 Å². The summed E-state index contributed by atoms with van der Waals surface area (Å²) in [5.41, 5.74) is 2.03. The summed E-state index contributed by atoms with van der Waals surface area (Å²) in [5.74, 6) is 0.952. The van der Waals surface area contributed by atoms with Crippen LogP contribution in [0.15, 0.2) is 0 Å². The second kappa shape index (κ2) is 26.3. The molecule has 252 valence electrons. The van der Waals surface area contributed by atoms with Crippen LogP contribution in [-0.4, -0.2) is 21.8 Å². The van der Waals surface area contributed by atoms with Crippen LogP contribution in [0.2, 0.25) is 0 Å². The van der Waals surface area contributed by atoms with E-state index in [0.29, 0.717) is 24.6 Å². The fourth-order valence-electron chi connectivity index (χ4n) is 6.39. The number of rotatable bonds is 28. The van der Waals surface area contributed by atoms with Crippen LogP contribution in [0.3, 0.4) is 0 Å². The minimum Gasteiger partial charge on any atom is -0.310 e. The molecule has 1 aliphatic rings. The highest BCUT2D eigenvalue weighted by Gasteiger charge is 2.20. The van der Waals surface area contributed by atoms with Gasteiger partial charge in [0.25, 0.3) is 0 Å². The Morgan fingerprint density at radius 2 is 0.886 bits per heavy atom. The first kappa shape index (κ1) is 38.2. The fourth-order valence-corrected chi connectivity index (χ4v) is 6.39. The highest BCUT2D eigenvalue weighted by molar-refractivity contribution is 5.92. The molecule has 6 heteroatoms. The van der Waals surface area contributed by atoms with Gasteiger partial charge >= 0.3 is 0 Å². The van der Waals surface area contributed by atoms with E-state index in [4.69, 9.17) is 0 Å². The summed E-state index contributed by atoms with van der Waals surface area (Å²) in [7, 11) is 0. The number of hydrogen-bond acceptors (Lipinski definition) is 4. The van der Waals surface area contributed by atoms with Crippen molar-refractivity contribution in [1.29, 1.82) is 0 Å². The molecule has 0 spiro atoms. The zero-order valence-electron chi connectivity index (χ0n) is 28.9. The van der Waals surface area contributed by atoms with Crippen LogP contribution in [0.25, 0.3) is 0 Å². The number of nitrogens with one attached hydrogen (secondary N) is 2. The maximum absolute atomic E-state index is 12.8. The predicted molar refractivity (Wildman–Crippen MR) is 187 cm³/mol. The topological polar surface area (TPSA) is 84.0 Å². The standard InChI is InChI=1S/C38H68N4O2/c1-3-5-7-9-11-13-15-17-19-21-23-25-31-35(43)40-37-33-29-27-28-30-34(33)39-38(42-37)41-36(44)32-26-24-22-20-18-16-14-12-10-8-6-4-2/h3-32H2,1-2H3,(H2,39,40,41,42,43,44). The summed E-state index contributed by atoms with van der Waals surface area (Å²) in [6, 6.07) is 0. The number of carbonyl (C=O) groups excluding carboxylic acids is 2. The van der Waals surface area contributed by atoms with Gasteiger partial charge in [0.2, 0.25) is 17.8 Å². The molecular formula is C38H68N4O2. The fraction of sp³-hybridized carbons (Fsp3) is 0.842. The number of amides is 2. The molecule has 0 radical (unpaired) electrons. The smallest absolute Gasteiger partial charge is 0.231 e. The Morgan fingerprint density at radius 3 is 1.34 bits per heavy atom. The Hall–Kier alpha value is -1.98. The second-order valence-corrected chi connectivity index (χ2v) is 13.4. The average molecular weight is 613 g/mol. The van der Waals surface area contributed by atoms with Gasteiger partial charge in [0.1, 0.15) is 5.82 Å². The van der Waals surface area contributed by atoms with E-state index in [1.165, 1.54) is 128 Å². The van der Waals surface area contributed by atoms with E-state index in [1.807, 2.05) is 0 Å². The van der Waals surface area contributed by atoms with Gasteiger partial charge < -0.3 is 5.32 Å². The first-order valence-electron chi connectivity index (χ1n) is 19.1. The van der Waals surface area contributed by atoms with E-state index in [9.17, 15) is 9.59 Å². The molecule has 1 aliphatic carbocycles. The maximum atomic E-state index is 12.8. The lowest BCUT2D eigenvalue weighted by Gasteiger charge is -2.19. The molecule has 6 nitrogen and oxygen atoms in total. The number of fused-ring (bicyclic) bond motifs is 1. The van der Waals surface area contributed by atoms with Crippen LogP contribution in [0.4, 0.5) is 11.8 Å². The number of aromatic nitrogens is 2. The number of carbonyl (C=O) groups is 2. The summed E-state index contributed by atoms with van der Waals surface area (Å²) in [4.78, 5) is 34.7. The lowest BCUT2D eigenvalue weighted by molar-refractivity contribution is -0.117. The van der Waals surface area contributed by atoms with Crippen LogP contribution < -0.4 is 10.6 Å². The molecule has 1 aromatic rings. The third-order valence-corrected chi connectivity index (χ3v) is 9.21. The van der Waals surface area contributed by atoms with Crippen molar-refractivity contribution in [2.45, 2.75) is 206 Å². The number of nitrogens with zero attached hydrogens (tertiary/aromatic N) is 2. The molecule has 44 heavy (non-hydrogen) atoms. The molecule has 1 heterocycles. The SMILES string of the molecule is CCCCCCCCCCCCCCC(=O)Nc1nc2c(c(NC(=O)CCCCCCCCCCCCCC)n1)CCCC2. The second-order valence-electron chi connectivity index (χ2n) is 13.4. The van der Waals surface area contributed by atoms with Crippen molar-refractivity contribution < 1.29 is 9.59 Å². The molecule has 2 amide bonds. The van der Waals surface area contributed by atoms with E-state index in [0.717, 1.165) is 62.6 Å². The van der Waals surface area contributed by atoms with Gasteiger partial charge in [-0.1, -0.05) is 155 Å². The summed E-state index contributed by atoms with van der Waals surface area (Å²) in [5, 5.41) is 6.00. The molecule has 0 aliphatic heterocycles. The Balaban J connectivity index is 1.61. The molecule has 0 bridgehead atoms. The van der Waals surface area contributed by atoms with Gasteiger partial charge in [0, 0.05) is 18.4 Å². The summed E-state index contributed by atoms with van der Waals surface area (Å²) in [6.07, 6.45) is 35.7. The first-order valence-corrected chi connectivity index (χ1v) is 19.1. The van der Waals surface area contributed by atoms with E-state index in [1.54, 1.807) is 0 Å². The zero-order chi connectivity index (χ0) is 31.5. The first-order chi connectivity index (χ1) is 21.6. The Morgan fingerprint density at radius 1 is 0.500 bits per heavy atom. The average Bonchev–Trinajstić information content (AvgIpc) is 3.02. The van der Waals surface area contributed by atoms with Gasteiger partial charge in [-0.25, -0.2) is 4.98 Å². The summed E-state index contributed by atoms with van der Waals surface area (Å²) < 4.78 is 0. The number of hydrogen-bond donors (Lipinski definition) is 2. The Bertz CT molecular complexity index is 888. The van der Waals surface area contributed by atoms with Crippen molar-refractivity contribution in [3.63, 3.8) is 0 Å². The van der Waals surface area contributed by atoms with Crippen LogP contribution >= 0.6 is 0 Å². The third-order valence-electron chi connectivity index (χ3n) is 9.21. The van der Waals surface area contributed by atoms with Crippen LogP contribution in [-0.2, 0) is 22.4 Å². The quantitative estimate of drug-likeness (QED) is 0.0922. The van der Waals surface area contributed by atoms with E-state index in [-0.39, 0.29) is 11.8 Å². The van der Waals surface area contributed by atoms with Crippen molar-refractivity contribution in [3.8, 4) is 0 Å². The lowest BCUT2D eigenvalue weighted by atomic mass is 9.96. The normalized spacial score (nSPS) is 12.7. The van der Waals surface area contributed by atoms with Crippen molar-refractivity contribution in [3.05, 3.63) is 11.3 Å². The van der Waals surface area contributed by atoms with Crippen LogP contribution in [0.1, 0.15) is 205 Å². The zero-order valence-corrected chi connectivity index (χ0v) is 28.9. The Kier molecular flexibility index (Phi) is 22.8. The number of unbranched alkanes of at least 4 members (excludes halogenated alkanes) is 22. The molecule has 0 fully saturated rings. The van der Waals surface area contributed by atoms with Crippen LogP contribution in [0, 0.1) is 0 Å². The third kappa shape index (κ3) is 18.7. The molecule has 0 saturated heterocycles.